The summed E-state index contributed by atoms with van der Waals surface area (Å²) in [7, 11) is 0. The Bertz CT molecular complexity index is 1120. The summed E-state index contributed by atoms with van der Waals surface area (Å²) >= 11 is 0. The van der Waals surface area contributed by atoms with Gasteiger partial charge in [0.15, 0.2) is 0 Å². The number of hydrogen-bond donors (Lipinski definition) is 2. The fourth-order valence-corrected chi connectivity index (χ4v) is 4.08. The molecule has 1 atom stereocenters. The van der Waals surface area contributed by atoms with E-state index in [2.05, 4.69) is 15.1 Å². The quantitative estimate of drug-likeness (QED) is 0.602. The number of aryl methyl sites for hydroxylation is 1. The van der Waals surface area contributed by atoms with Crippen LogP contribution in [-0.4, -0.2) is 33.6 Å². The number of aromatic nitrogens is 1. The van der Waals surface area contributed by atoms with E-state index in [9.17, 15) is 14.4 Å². The number of hydrogen-bond acceptors (Lipinski definition) is 5. The molecule has 1 aromatic carbocycles. The van der Waals surface area contributed by atoms with Gasteiger partial charge in [0.1, 0.15) is 11.9 Å². The molecule has 8 nitrogen and oxygen atoms in total. The average molecular weight is 403 g/mol. The number of benzene rings is 1. The van der Waals surface area contributed by atoms with Crippen LogP contribution in [0.15, 0.2) is 24.3 Å². The fourth-order valence-electron chi connectivity index (χ4n) is 4.08. The summed E-state index contributed by atoms with van der Waals surface area (Å²) in [6.45, 7) is 9.69. The Labute approximate surface area is 173 Å². The van der Waals surface area contributed by atoms with Crippen molar-refractivity contribution in [3.05, 3.63) is 52.4 Å². The molecule has 1 unspecified atom stereocenters. The number of piperidine rings is 1. The van der Waals surface area contributed by atoms with Crippen LogP contribution >= 0.6 is 0 Å². The van der Waals surface area contributed by atoms with Gasteiger partial charge in [-0.2, -0.15) is 0 Å². The zero-order chi connectivity index (χ0) is 21.4. The van der Waals surface area contributed by atoms with Crippen LogP contribution in [0.1, 0.15) is 47.7 Å². The van der Waals surface area contributed by atoms with Gasteiger partial charge in [0.2, 0.25) is 17.5 Å². The third kappa shape index (κ3) is 3.28. The number of rotatable bonds is 4. The summed E-state index contributed by atoms with van der Waals surface area (Å²) in [6.07, 6.45) is 2.15. The summed E-state index contributed by atoms with van der Waals surface area (Å²) < 4.78 is 0. The minimum absolute atomic E-state index is 0.202. The van der Waals surface area contributed by atoms with Gasteiger partial charge >= 0.3 is 0 Å². The second-order valence-electron chi connectivity index (χ2n) is 7.53. The van der Waals surface area contributed by atoms with E-state index >= 15 is 0 Å². The maximum Gasteiger partial charge on any atom is 0.255 e. The molecule has 0 radical (unpaired) electrons. The molecule has 3 amide bonds. The number of carbonyl (C=O) groups excluding carboxylic acids is 3. The highest BCUT2D eigenvalue weighted by Crippen LogP contribution is 2.34. The van der Waals surface area contributed by atoms with E-state index in [0.29, 0.717) is 29.9 Å². The number of nitrogens with zero attached hydrogens (tertiary/aromatic N) is 3. The minimum Gasteiger partial charge on any atom is -0.392 e. The van der Waals surface area contributed by atoms with Crippen LogP contribution in [-0.2, 0) is 22.6 Å². The molecule has 30 heavy (non-hydrogen) atoms. The van der Waals surface area contributed by atoms with Crippen molar-refractivity contribution in [2.45, 2.75) is 45.2 Å². The molecular formula is C22H21N5O3. The number of fused-ring (bicyclic) bond motifs is 1. The number of anilines is 1. The van der Waals surface area contributed by atoms with E-state index in [0.717, 1.165) is 29.5 Å². The lowest BCUT2D eigenvalue weighted by Crippen LogP contribution is -2.52. The van der Waals surface area contributed by atoms with Crippen LogP contribution in [0, 0.1) is 6.57 Å². The van der Waals surface area contributed by atoms with Crippen LogP contribution in [0.2, 0.25) is 0 Å². The Kier molecular flexibility index (Phi) is 4.96. The third-order valence-corrected chi connectivity index (χ3v) is 5.55. The molecule has 1 aromatic heterocycles. The summed E-state index contributed by atoms with van der Waals surface area (Å²) in [4.78, 5) is 45.9. The summed E-state index contributed by atoms with van der Waals surface area (Å²) in [5, 5.41) is 2.31. The van der Waals surface area contributed by atoms with Crippen molar-refractivity contribution >= 4 is 29.2 Å². The Morgan fingerprint density at radius 2 is 2.10 bits per heavy atom. The molecule has 1 fully saturated rings. The minimum atomic E-state index is -0.645. The average Bonchev–Trinajstić information content (AvgIpc) is 3.04. The van der Waals surface area contributed by atoms with Crippen molar-refractivity contribution < 1.29 is 14.4 Å². The van der Waals surface area contributed by atoms with Gasteiger partial charge in [-0.25, -0.2) is 9.83 Å². The molecule has 0 aliphatic carbocycles. The predicted molar refractivity (Wildman–Crippen MR) is 110 cm³/mol. The van der Waals surface area contributed by atoms with E-state index in [1.165, 1.54) is 4.90 Å². The first-order valence-electron chi connectivity index (χ1n) is 9.87. The molecule has 4 rings (SSSR count). The summed E-state index contributed by atoms with van der Waals surface area (Å²) in [6, 6.07) is 6.66. The van der Waals surface area contributed by atoms with Gasteiger partial charge in [0.25, 0.3) is 5.91 Å². The molecule has 8 heteroatoms. The highest BCUT2D eigenvalue weighted by molar-refractivity contribution is 6.05. The molecule has 2 aromatic rings. The number of carbonyl (C=O) groups is 3. The highest BCUT2D eigenvalue weighted by Gasteiger charge is 2.39. The van der Waals surface area contributed by atoms with E-state index in [1.807, 2.05) is 19.1 Å². The molecule has 2 aliphatic heterocycles. The van der Waals surface area contributed by atoms with Gasteiger partial charge in [0, 0.05) is 24.1 Å². The zero-order valence-corrected chi connectivity index (χ0v) is 16.6. The van der Waals surface area contributed by atoms with E-state index < -0.39 is 11.9 Å². The van der Waals surface area contributed by atoms with Gasteiger partial charge in [-0.05, 0) is 42.2 Å². The van der Waals surface area contributed by atoms with Gasteiger partial charge in [0.05, 0.1) is 12.3 Å². The van der Waals surface area contributed by atoms with Crippen LogP contribution in [0.25, 0.3) is 16.1 Å². The molecule has 0 saturated carbocycles. The zero-order valence-electron chi connectivity index (χ0n) is 16.6. The number of nitrogen functional groups attached to an aromatic ring is 1. The number of nitrogens with one attached hydrogen (secondary N) is 1. The van der Waals surface area contributed by atoms with Gasteiger partial charge in [-0.3, -0.25) is 19.7 Å². The normalized spacial score (nSPS) is 18.2. The maximum absolute atomic E-state index is 12.8. The summed E-state index contributed by atoms with van der Waals surface area (Å²) in [5.41, 5.74) is 10.1. The summed E-state index contributed by atoms with van der Waals surface area (Å²) in [5.74, 6) is -0.751. The topological polar surface area (TPSA) is 110 Å². The van der Waals surface area contributed by atoms with Gasteiger partial charge in [-0.15, -0.1) is 0 Å². The molecule has 3 N–H and O–H groups in total. The van der Waals surface area contributed by atoms with Gasteiger partial charge in [-0.1, -0.05) is 19.4 Å². The molecule has 0 bridgehead atoms. The smallest absolute Gasteiger partial charge is 0.255 e. The van der Waals surface area contributed by atoms with Crippen molar-refractivity contribution in [2.75, 3.05) is 5.73 Å². The van der Waals surface area contributed by atoms with Crippen LogP contribution < -0.4 is 11.1 Å². The lowest BCUT2D eigenvalue weighted by molar-refractivity contribution is -0.136. The predicted octanol–water partition coefficient (Wildman–Crippen LogP) is 2.60. The van der Waals surface area contributed by atoms with Crippen molar-refractivity contribution in [3.63, 3.8) is 0 Å². The third-order valence-electron chi connectivity index (χ3n) is 5.55. The van der Waals surface area contributed by atoms with Crippen LogP contribution in [0.5, 0.6) is 0 Å². The molecule has 152 valence electrons. The van der Waals surface area contributed by atoms with Crippen molar-refractivity contribution in [1.29, 1.82) is 0 Å². The Hall–Kier alpha value is -3.73. The maximum atomic E-state index is 12.8. The van der Waals surface area contributed by atoms with E-state index in [-0.39, 0.29) is 24.1 Å². The number of imide groups is 1. The monoisotopic (exact) mass is 403 g/mol. The van der Waals surface area contributed by atoms with Crippen molar-refractivity contribution in [1.82, 2.24) is 15.2 Å². The molecule has 0 spiro atoms. The van der Waals surface area contributed by atoms with Crippen LogP contribution in [0.4, 0.5) is 11.5 Å². The molecule has 3 heterocycles. The van der Waals surface area contributed by atoms with Crippen molar-refractivity contribution in [3.8, 4) is 11.3 Å². The second kappa shape index (κ2) is 7.59. The van der Waals surface area contributed by atoms with E-state index in [4.69, 9.17) is 12.3 Å². The lowest BCUT2D eigenvalue weighted by atomic mass is 10.0. The standard InChI is InChI=1S/C22H21N5O3/c1-3-4-13-10-16(25-20(23)19(13)24-2)12-5-6-15-14(9-12)11-27(22(15)30)17-7-8-18(28)26-21(17)29/h5-6,9-10,17H,3-4,7-8,11H2,1H3,(H2,23,25)(H,26,28,29). The van der Waals surface area contributed by atoms with Crippen LogP contribution in [0.3, 0.4) is 0 Å². The number of pyridine rings is 1. The number of nitrogens with two attached hydrogens (primary N) is 1. The highest BCUT2D eigenvalue weighted by atomic mass is 16.2. The van der Waals surface area contributed by atoms with E-state index in [1.54, 1.807) is 12.1 Å². The first-order valence-corrected chi connectivity index (χ1v) is 9.87. The SMILES string of the molecule is [C-]#[N+]c1c(CCC)cc(-c2ccc3c(c2)CN(C2CCC(=O)NC2=O)C3=O)nc1N. The molecule has 1 saturated heterocycles. The fraction of sp³-hybridized carbons (Fsp3) is 0.318. The molecular weight excluding hydrogens is 382 g/mol. The largest absolute Gasteiger partial charge is 0.392 e. The molecule has 2 aliphatic rings. The Morgan fingerprint density at radius 1 is 1.30 bits per heavy atom. The first-order chi connectivity index (χ1) is 14.4. The first kappa shape index (κ1) is 19.6. The van der Waals surface area contributed by atoms with Gasteiger partial charge < -0.3 is 10.6 Å². The Balaban J connectivity index is 1.66. The lowest BCUT2D eigenvalue weighted by Gasteiger charge is -2.29. The second-order valence-corrected chi connectivity index (χ2v) is 7.53. The number of amides is 3. The Morgan fingerprint density at radius 3 is 2.80 bits per heavy atom. The van der Waals surface area contributed by atoms with Crippen molar-refractivity contribution in [2.24, 2.45) is 0 Å².